The third-order valence-corrected chi connectivity index (χ3v) is 6.25. The van der Waals surface area contributed by atoms with Gasteiger partial charge in [-0.3, -0.25) is 0 Å². The summed E-state index contributed by atoms with van der Waals surface area (Å²) >= 11 is 0. The van der Waals surface area contributed by atoms with Crippen molar-refractivity contribution in [1.82, 2.24) is 9.29 Å². The van der Waals surface area contributed by atoms with Crippen LogP contribution in [0.2, 0.25) is 0 Å². The molecule has 2 aromatic rings. The van der Waals surface area contributed by atoms with Gasteiger partial charge in [0.05, 0.1) is 5.56 Å². The molecule has 138 valence electrons. The first-order chi connectivity index (χ1) is 12.5. The highest BCUT2D eigenvalue weighted by Crippen LogP contribution is 2.20. The fourth-order valence-corrected chi connectivity index (χ4v) is 4.31. The lowest BCUT2D eigenvalue weighted by Crippen LogP contribution is -2.35. The van der Waals surface area contributed by atoms with E-state index < -0.39 is 16.0 Å². The number of aromatic nitrogens is 1. The minimum Gasteiger partial charge on any atom is -0.478 e. The van der Waals surface area contributed by atoms with Crippen LogP contribution in [0.15, 0.2) is 47.5 Å². The molecule has 1 aliphatic rings. The van der Waals surface area contributed by atoms with E-state index in [0.29, 0.717) is 25.5 Å². The van der Waals surface area contributed by atoms with Crippen LogP contribution in [0.25, 0.3) is 0 Å². The molecule has 0 amide bonds. The van der Waals surface area contributed by atoms with Crippen LogP contribution in [-0.4, -0.2) is 41.9 Å². The maximum Gasteiger partial charge on any atom is 0.335 e. The van der Waals surface area contributed by atoms with Crippen molar-refractivity contribution in [2.75, 3.05) is 18.4 Å². The van der Waals surface area contributed by atoms with Crippen LogP contribution in [0.3, 0.4) is 0 Å². The number of anilines is 1. The van der Waals surface area contributed by atoms with Crippen molar-refractivity contribution in [3.05, 3.63) is 53.7 Å². The first kappa shape index (κ1) is 18.3. The number of rotatable bonds is 6. The number of pyridine rings is 1. The zero-order chi connectivity index (χ0) is 18.6. The Morgan fingerprint density at radius 1 is 1.08 bits per heavy atom. The fourth-order valence-electron chi connectivity index (χ4n) is 2.85. The molecule has 0 bridgehead atoms. The van der Waals surface area contributed by atoms with E-state index in [0.717, 1.165) is 24.8 Å². The third-order valence-electron chi connectivity index (χ3n) is 4.36. The summed E-state index contributed by atoms with van der Waals surface area (Å²) in [5.41, 5.74) is 1.14. The van der Waals surface area contributed by atoms with Crippen LogP contribution in [0.5, 0.6) is 0 Å². The number of nitrogens with one attached hydrogen (secondary N) is 1. The Bertz CT molecular complexity index is 858. The largest absolute Gasteiger partial charge is 0.478 e. The Balaban J connectivity index is 1.63. The third kappa shape index (κ3) is 4.20. The number of carboxylic acid groups (broad SMARTS) is 1. The van der Waals surface area contributed by atoms with Gasteiger partial charge in [0.2, 0.25) is 10.0 Å². The summed E-state index contributed by atoms with van der Waals surface area (Å²) < 4.78 is 26.7. The van der Waals surface area contributed by atoms with E-state index in [9.17, 15) is 13.2 Å². The van der Waals surface area contributed by atoms with Gasteiger partial charge in [0.25, 0.3) is 0 Å². The molecule has 8 heteroatoms. The Labute approximate surface area is 152 Å². The van der Waals surface area contributed by atoms with E-state index in [1.54, 1.807) is 36.4 Å². The van der Waals surface area contributed by atoms with Gasteiger partial charge in [0, 0.05) is 25.8 Å². The van der Waals surface area contributed by atoms with Crippen molar-refractivity contribution in [2.45, 2.75) is 30.7 Å². The molecule has 0 aliphatic carbocycles. The molecular weight excluding hydrogens is 354 g/mol. The molecule has 0 unspecified atom stereocenters. The molecule has 1 fully saturated rings. The smallest absolute Gasteiger partial charge is 0.335 e. The molecule has 1 saturated heterocycles. The molecular formula is C18H21N3O4S. The summed E-state index contributed by atoms with van der Waals surface area (Å²) in [5.74, 6) is -0.401. The number of piperidine rings is 1. The van der Waals surface area contributed by atoms with E-state index in [1.165, 1.54) is 10.5 Å². The first-order valence-electron chi connectivity index (χ1n) is 8.49. The van der Waals surface area contributed by atoms with Gasteiger partial charge < -0.3 is 10.4 Å². The van der Waals surface area contributed by atoms with Crippen molar-refractivity contribution in [2.24, 2.45) is 0 Å². The second kappa shape index (κ2) is 7.84. The molecule has 0 saturated carbocycles. The monoisotopic (exact) mass is 375 g/mol. The molecule has 0 spiro atoms. The molecule has 2 heterocycles. The SMILES string of the molecule is O=C(O)c1ccc(CNc2ccc(S(=O)(=O)N3CCCCC3)cn2)cc1. The highest BCUT2D eigenvalue weighted by molar-refractivity contribution is 7.89. The fraction of sp³-hybridized carbons (Fsp3) is 0.333. The molecule has 7 nitrogen and oxygen atoms in total. The zero-order valence-corrected chi connectivity index (χ0v) is 15.1. The minimum atomic E-state index is -3.47. The van der Waals surface area contributed by atoms with Gasteiger partial charge in [0.15, 0.2) is 0 Å². The lowest BCUT2D eigenvalue weighted by Gasteiger charge is -2.25. The number of aromatic carboxylic acids is 1. The number of hydrogen-bond donors (Lipinski definition) is 2. The number of carbonyl (C=O) groups is 1. The van der Waals surface area contributed by atoms with E-state index >= 15 is 0 Å². The Hall–Kier alpha value is -2.45. The van der Waals surface area contributed by atoms with Crippen LogP contribution >= 0.6 is 0 Å². The van der Waals surface area contributed by atoms with Gasteiger partial charge >= 0.3 is 5.97 Å². The number of nitrogens with zero attached hydrogens (tertiary/aromatic N) is 2. The van der Waals surface area contributed by atoms with E-state index in [1.807, 2.05) is 0 Å². The summed E-state index contributed by atoms with van der Waals surface area (Å²) in [6.45, 7) is 1.59. The maximum atomic E-state index is 12.6. The highest BCUT2D eigenvalue weighted by atomic mass is 32.2. The average Bonchev–Trinajstić information content (AvgIpc) is 2.67. The van der Waals surface area contributed by atoms with E-state index in [2.05, 4.69) is 10.3 Å². The minimum absolute atomic E-state index is 0.204. The molecule has 3 rings (SSSR count). The van der Waals surface area contributed by atoms with Crippen LogP contribution in [0.1, 0.15) is 35.2 Å². The van der Waals surface area contributed by atoms with Crippen molar-refractivity contribution in [3.8, 4) is 0 Å². The molecule has 0 atom stereocenters. The lowest BCUT2D eigenvalue weighted by atomic mass is 10.1. The van der Waals surface area contributed by atoms with Gasteiger partial charge in [-0.15, -0.1) is 0 Å². The Morgan fingerprint density at radius 3 is 2.35 bits per heavy atom. The second-order valence-electron chi connectivity index (χ2n) is 6.20. The number of carboxylic acids is 1. The highest BCUT2D eigenvalue weighted by Gasteiger charge is 2.26. The summed E-state index contributed by atoms with van der Waals surface area (Å²) in [6.07, 6.45) is 4.24. The lowest BCUT2D eigenvalue weighted by molar-refractivity contribution is 0.0697. The molecule has 1 aliphatic heterocycles. The zero-order valence-electron chi connectivity index (χ0n) is 14.3. The van der Waals surface area contributed by atoms with Crippen molar-refractivity contribution in [3.63, 3.8) is 0 Å². The number of sulfonamides is 1. The van der Waals surface area contributed by atoms with Crippen molar-refractivity contribution < 1.29 is 18.3 Å². The normalized spacial score (nSPS) is 15.5. The van der Waals surface area contributed by atoms with Gasteiger partial charge in [-0.25, -0.2) is 18.2 Å². The topological polar surface area (TPSA) is 99.6 Å². The summed E-state index contributed by atoms with van der Waals surface area (Å²) in [6, 6.07) is 9.74. The van der Waals surface area contributed by atoms with Crippen LogP contribution in [0.4, 0.5) is 5.82 Å². The maximum absolute atomic E-state index is 12.6. The average molecular weight is 375 g/mol. The van der Waals surface area contributed by atoms with Gasteiger partial charge in [0.1, 0.15) is 10.7 Å². The van der Waals surface area contributed by atoms with Crippen LogP contribution in [-0.2, 0) is 16.6 Å². The summed E-state index contributed by atoms with van der Waals surface area (Å²) in [4.78, 5) is 15.2. The molecule has 1 aromatic carbocycles. The van der Waals surface area contributed by atoms with Gasteiger partial charge in [-0.2, -0.15) is 4.31 Å². The summed E-state index contributed by atoms with van der Waals surface area (Å²) in [7, 11) is -3.47. The summed E-state index contributed by atoms with van der Waals surface area (Å²) in [5, 5.41) is 12.0. The Morgan fingerprint density at radius 2 is 1.77 bits per heavy atom. The molecule has 2 N–H and O–H groups in total. The van der Waals surface area contributed by atoms with E-state index in [-0.39, 0.29) is 10.5 Å². The number of hydrogen-bond acceptors (Lipinski definition) is 5. The molecule has 1 aromatic heterocycles. The van der Waals surface area contributed by atoms with Gasteiger partial charge in [-0.05, 0) is 42.7 Å². The van der Waals surface area contributed by atoms with Crippen LogP contribution in [0, 0.1) is 0 Å². The second-order valence-corrected chi connectivity index (χ2v) is 8.14. The van der Waals surface area contributed by atoms with E-state index in [4.69, 9.17) is 5.11 Å². The predicted octanol–water partition coefficient (Wildman–Crippen LogP) is 2.57. The first-order valence-corrected chi connectivity index (χ1v) is 9.93. The number of benzene rings is 1. The molecule has 26 heavy (non-hydrogen) atoms. The van der Waals surface area contributed by atoms with Crippen molar-refractivity contribution >= 4 is 21.8 Å². The standard InChI is InChI=1S/C18H21N3O4S/c22-18(23)15-6-4-14(5-7-15)12-19-17-9-8-16(13-20-17)26(24,25)21-10-2-1-3-11-21/h4-9,13H,1-3,10-12H2,(H,19,20)(H,22,23). The van der Waals surface area contributed by atoms with Gasteiger partial charge in [-0.1, -0.05) is 18.6 Å². The predicted molar refractivity (Wildman–Crippen MR) is 97.6 cm³/mol. The quantitative estimate of drug-likeness (QED) is 0.805. The molecule has 0 radical (unpaired) electrons. The van der Waals surface area contributed by atoms with Crippen molar-refractivity contribution in [1.29, 1.82) is 0 Å². The Kier molecular flexibility index (Phi) is 5.53. The van der Waals surface area contributed by atoms with Crippen LogP contribution < -0.4 is 5.32 Å².